The van der Waals surface area contributed by atoms with Gasteiger partial charge in [-0.3, -0.25) is 50.5 Å². The number of hydrogen-bond acceptors (Lipinski definition) is 14. The smallest absolute Gasteiger partial charge is 0.285 e. The molecule has 49 heavy (non-hydrogen) atoms. The molecule has 4 rings (SSSR count). The summed E-state index contributed by atoms with van der Waals surface area (Å²) in [6, 6.07) is 21.1. The third-order valence-electron chi connectivity index (χ3n) is 7.01. The van der Waals surface area contributed by atoms with E-state index in [4.69, 9.17) is 0 Å². The van der Waals surface area contributed by atoms with E-state index in [1.54, 1.807) is 24.3 Å². The van der Waals surface area contributed by atoms with E-state index in [-0.39, 0.29) is 11.4 Å². The van der Waals surface area contributed by atoms with Crippen LogP contribution in [0.15, 0.2) is 105 Å². The Kier molecular flexibility index (Phi) is 11.6. The Morgan fingerprint density at radius 3 is 1.16 bits per heavy atom. The zero-order chi connectivity index (χ0) is 35.5. The predicted molar refractivity (Wildman–Crippen MR) is 181 cm³/mol. The van der Waals surface area contributed by atoms with Gasteiger partial charge >= 0.3 is 22.7 Å². The summed E-state index contributed by atoms with van der Waals surface area (Å²) < 4.78 is 0. The SMILES string of the molecule is CCCCN(c1ccc(N=Nc2ccc([N+](=O)[O-])c([N+](=O)[O-])c2)cc1)N(CCC)c1ccc(N=Nc2ccc([N+](=O)[O-])c([N+](=O)[O-])c2)cc1. The van der Waals surface area contributed by atoms with E-state index >= 15 is 0 Å². The van der Waals surface area contributed by atoms with Crippen molar-refractivity contribution in [1.82, 2.24) is 0 Å². The van der Waals surface area contributed by atoms with Crippen molar-refractivity contribution >= 4 is 56.9 Å². The molecule has 0 saturated carbocycles. The highest BCUT2D eigenvalue weighted by atomic mass is 16.6. The molecule has 252 valence electrons. The summed E-state index contributed by atoms with van der Waals surface area (Å²) in [5.74, 6) is 0. The quantitative estimate of drug-likeness (QED) is 0.0622. The van der Waals surface area contributed by atoms with Gasteiger partial charge in [-0.25, -0.2) is 0 Å². The van der Waals surface area contributed by atoms with Crippen molar-refractivity contribution in [2.45, 2.75) is 33.1 Å². The van der Waals surface area contributed by atoms with E-state index < -0.39 is 42.4 Å². The molecule has 0 aliphatic heterocycles. The molecule has 0 spiro atoms. The predicted octanol–water partition coefficient (Wildman–Crippen LogP) is 9.59. The average Bonchev–Trinajstić information content (AvgIpc) is 3.09. The number of benzene rings is 4. The van der Waals surface area contributed by atoms with Crippen LogP contribution in [0.2, 0.25) is 0 Å². The Hall–Kier alpha value is -6.72. The van der Waals surface area contributed by atoms with Gasteiger partial charge in [0, 0.05) is 25.2 Å². The maximum absolute atomic E-state index is 11.3. The molecule has 0 aromatic heterocycles. The normalized spacial score (nSPS) is 11.1. The van der Waals surface area contributed by atoms with Gasteiger partial charge in [0.1, 0.15) is 0 Å². The first-order valence-corrected chi connectivity index (χ1v) is 15.0. The van der Waals surface area contributed by atoms with Crippen LogP contribution in [0.1, 0.15) is 33.1 Å². The number of unbranched alkanes of at least 4 members (excludes halogenated alkanes) is 1. The molecule has 0 unspecified atom stereocenters. The molecule has 18 heteroatoms. The Bertz CT molecular complexity index is 1900. The first-order chi connectivity index (χ1) is 23.5. The zero-order valence-electron chi connectivity index (χ0n) is 26.4. The maximum atomic E-state index is 11.3. The molecule has 4 aromatic carbocycles. The van der Waals surface area contributed by atoms with Gasteiger partial charge in [0.25, 0.3) is 0 Å². The molecular formula is C31H30N10O8. The fourth-order valence-electron chi connectivity index (χ4n) is 4.66. The number of anilines is 2. The number of nitro benzene ring substituents is 4. The van der Waals surface area contributed by atoms with Crippen LogP contribution in [-0.4, -0.2) is 32.8 Å². The lowest BCUT2D eigenvalue weighted by Crippen LogP contribution is -2.44. The van der Waals surface area contributed by atoms with Crippen LogP contribution in [0, 0.1) is 40.5 Å². The van der Waals surface area contributed by atoms with Crippen molar-refractivity contribution < 1.29 is 19.7 Å². The first kappa shape index (κ1) is 35.1. The van der Waals surface area contributed by atoms with Gasteiger partial charge in [0.15, 0.2) is 0 Å². The summed E-state index contributed by atoms with van der Waals surface area (Å²) in [5.41, 5.74) is 0.246. The molecule has 0 N–H and O–H groups in total. The van der Waals surface area contributed by atoms with Gasteiger partial charge in [-0.05, 0) is 73.5 Å². The second-order valence-electron chi connectivity index (χ2n) is 10.4. The van der Waals surface area contributed by atoms with E-state index in [0.29, 0.717) is 24.5 Å². The minimum atomic E-state index is -0.839. The molecular weight excluding hydrogens is 640 g/mol. The lowest BCUT2D eigenvalue weighted by Gasteiger charge is -2.38. The number of hydrazine groups is 1. The molecule has 0 atom stereocenters. The number of nitrogens with zero attached hydrogens (tertiary/aromatic N) is 10. The molecule has 0 saturated heterocycles. The van der Waals surface area contributed by atoms with Crippen molar-refractivity contribution in [2.24, 2.45) is 20.5 Å². The second kappa shape index (κ2) is 16.2. The Morgan fingerprint density at radius 2 is 0.816 bits per heavy atom. The van der Waals surface area contributed by atoms with Gasteiger partial charge in [-0.1, -0.05) is 20.3 Å². The molecule has 0 fully saturated rings. The molecule has 0 heterocycles. The summed E-state index contributed by atoms with van der Waals surface area (Å²) in [6.07, 6.45) is 2.68. The van der Waals surface area contributed by atoms with E-state index in [0.717, 1.165) is 54.9 Å². The van der Waals surface area contributed by atoms with Gasteiger partial charge in [-0.2, -0.15) is 20.5 Å². The van der Waals surface area contributed by atoms with Crippen LogP contribution in [0.3, 0.4) is 0 Å². The average molecular weight is 671 g/mol. The summed E-state index contributed by atoms with van der Waals surface area (Å²) in [7, 11) is 0. The molecule has 0 aliphatic rings. The summed E-state index contributed by atoms with van der Waals surface area (Å²) in [6.45, 7) is 5.53. The standard InChI is InChI=1S/C31H30N10O8/c1-3-5-19-37(27-14-8-23(9-15-27)33-35-25-11-17-29(39(44)45)31(21-25)41(48)49)36(18-4-2)26-12-6-22(7-13-26)32-34-24-10-16-28(38(42)43)30(20-24)40(46)47/h6-17,20-21H,3-5,18-19H2,1-2H3. The highest BCUT2D eigenvalue weighted by Crippen LogP contribution is 2.34. The molecule has 4 aromatic rings. The van der Waals surface area contributed by atoms with Crippen molar-refractivity contribution in [3.05, 3.63) is 125 Å². The highest BCUT2D eigenvalue weighted by molar-refractivity contribution is 5.63. The van der Waals surface area contributed by atoms with Gasteiger partial charge in [0.05, 0.1) is 66.0 Å². The first-order valence-electron chi connectivity index (χ1n) is 15.0. The van der Waals surface area contributed by atoms with Crippen molar-refractivity contribution in [3.8, 4) is 0 Å². The van der Waals surface area contributed by atoms with E-state index in [1.807, 2.05) is 24.3 Å². The minimum absolute atomic E-state index is 0.0942. The number of azo groups is 2. The van der Waals surface area contributed by atoms with Crippen LogP contribution in [0.4, 0.5) is 56.9 Å². The number of hydrogen-bond donors (Lipinski definition) is 0. The summed E-state index contributed by atoms with van der Waals surface area (Å²) >= 11 is 0. The van der Waals surface area contributed by atoms with Gasteiger partial charge in [-0.15, -0.1) is 0 Å². The zero-order valence-corrected chi connectivity index (χ0v) is 26.4. The number of rotatable bonds is 16. The largest absolute Gasteiger partial charge is 0.348 e. The molecule has 0 amide bonds. The van der Waals surface area contributed by atoms with Crippen molar-refractivity contribution in [1.29, 1.82) is 0 Å². The third kappa shape index (κ3) is 8.97. The second-order valence-corrected chi connectivity index (χ2v) is 10.4. The fraction of sp³-hybridized carbons (Fsp3) is 0.226. The van der Waals surface area contributed by atoms with Gasteiger partial charge in [0.2, 0.25) is 0 Å². The lowest BCUT2D eigenvalue weighted by atomic mass is 10.2. The summed E-state index contributed by atoms with van der Waals surface area (Å²) in [5, 5.41) is 65.3. The maximum Gasteiger partial charge on any atom is 0.348 e. The minimum Gasteiger partial charge on any atom is -0.285 e. The monoisotopic (exact) mass is 670 g/mol. The van der Waals surface area contributed by atoms with E-state index in [1.165, 1.54) is 12.1 Å². The van der Waals surface area contributed by atoms with Crippen LogP contribution < -0.4 is 10.0 Å². The van der Waals surface area contributed by atoms with Crippen LogP contribution >= 0.6 is 0 Å². The third-order valence-corrected chi connectivity index (χ3v) is 7.01. The highest BCUT2D eigenvalue weighted by Gasteiger charge is 2.25. The van der Waals surface area contributed by atoms with Crippen LogP contribution in [0.25, 0.3) is 0 Å². The Balaban J connectivity index is 1.55. The number of nitro groups is 4. The van der Waals surface area contributed by atoms with E-state index in [9.17, 15) is 40.5 Å². The lowest BCUT2D eigenvalue weighted by molar-refractivity contribution is -0.422. The Morgan fingerprint density at radius 1 is 0.469 bits per heavy atom. The summed E-state index contributed by atoms with van der Waals surface area (Å²) in [4.78, 5) is 41.4. The Labute approximate surface area is 278 Å². The molecule has 0 bridgehead atoms. The van der Waals surface area contributed by atoms with Crippen LogP contribution in [-0.2, 0) is 0 Å². The molecule has 18 nitrogen and oxygen atoms in total. The molecule has 0 radical (unpaired) electrons. The topological polar surface area (TPSA) is 228 Å². The van der Waals surface area contributed by atoms with Crippen molar-refractivity contribution in [3.63, 3.8) is 0 Å². The van der Waals surface area contributed by atoms with Gasteiger partial charge < -0.3 is 0 Å². The van der Waals surface area contributed by atoms with Crippen LogP contribution in [0.5, 0.6) is 0 Å². The fourth-order valence-corrected chi connectivity index (χ4v) is 4.66. The van der Waals surface area contributed by atoms with E-state index in [2.05, 4.69) is 44.3 Å². The van der Waals surface area contributed by atoms with Crippen molar-refractivity contribution in [2.75, 3.05) is 23.1 Å². The molecule has 0 aliphatic carbocycles.